The van der Waals surface area contributed by atoms with Crippen molar-refractivity contribution in [3.8, 4) is 0 Å². The number of hydrogen-bond donors (Lipinski definition) is 2. The maximum atomic E-state index is 13.3. The first-order chi connectivity index (χ1) is 13.9. The fraction of sp³-hybridized carbons (Fsp3) is 0.500. The van der Waals surface area contributed by atoms with E-state index >= 15 is 0 Å². The Hall–Kier alpha value is -2.67. The molecule has 1 heterocycles. The number of likely N-dealkylation sites (N-methyl/N-ethyl adjacent to an activating group) is 1. The van der Waals surface area contributed by atoms with Gasteiger partial charge in [0, 0.05) is 19.3 Å². The maximum absolute atomic E-state index is 13.3. The summed E-state index contributed by atoms with van der Waals surface area (Å²) in [6, 6.07) is 8.15. The van der Waals surface area contributed by atoms with Gasteiger partial charge in [-0.25, -0.2) is 0 Å². The molecule has 0 atom stereocenters. The minimum atomic E-state index is -0.489. The van der Waals surface area contributed by atoms with Crippen LogP contribution in [0.4, 0.5) is 5.69 Å². The van der Waals surface area contributed by atoms with Crippen molar-refractivity contribution < 1.29 is 9.59 Å². The predicted molar refractivity (Wildman–Crippen MR) is 114 cm³/mol. The number of rotatable bonds is 8. The van der Waals surface area contributed by atoms with Crippen molar-refractivity contribution in [1.29, 1.82) is 0 Å². The van der Waals surface area contributed by atoms with E-state index in [2.05, 4.69) is 34.8 Å². The number of carbonyl (C=O) groups excluding carboxylic acids is 2. The summed E-state index contributed by atoms with van der Waals surface area (Å²) < 4.78 is 1.55. The summed E-state index contributed by atoms with van der Waals surface area (Å²) in [7, 11) is 3.92. The highest BCUT2D eigenvalue weighted by Crippen LogP contribution is 2.43. The summed E-state index contributed by atoms with van der Waals surface area (Å²) in [5, 5.41) is 10.1. The van der Waals surface area contributed by atoms with Crippen LogP contribution in [0, 0.1) is 6.92 Å². The molecule has 3 rings (SSSR count). The largest absolute Gasteiger partial charge is 0.353 e. The molecule has 0 unspecified atom stereocenters. The van der Waals surface area contributed by atoms with E-state index < -0.39 is 5.41 Å². The van der Waals surface area contributed by atoms with Gasteiger partial charge in [0.1, 0.15) is 6.54 Å². The minimum Gasteiger partial charge on any atom is -0.353 e. The van der Waals surface area contributed by atoms with Gasteiger partial charge in [-0.1, -0.05) is 37.1 Å². The first-order valence-corrected chi connectivity index (χ1v) is 10.2. The summed E-state index contributed by atoms with van der Waals surface area (Å²) in [5.74, 6) is -0.0840. The number of benzene rings is 1. The molecule has 0 saturated heterocycles. The molecule has 1 aromatic heterocycles. The second-order valence-electron chi connectivity index (χ2n) is 8.14. The third-order valence-corrected chi connectivity index (χ3v) is 5.63. The Morgan fingerprint density at radius 2 is 1.93 bits per heavy atom. The van der Waals surface area contributed by atoms with Gasteiger partial charge in [-0.2, -0.15) is 5.10 Å². The molecule has 156 valence electrons. The van der Waals surface area contributed by atoms with Gasteiger partial charge in [-0.3, -0.25) is 14.3 Å². The second kappa shape index (κ2) is 9.22. The molecule has 2 N–H and O–H groups in total. The quantitative estimate of drug-likeness (QED) is 0.717. The van der Waals surface area contributed by atoms with Crippen molar-refractivity contribution in [2.24, 2.45) is 0 Å². The Balaban J connectivity index is 1.65. The third kappa shape index (κ3) is 5.03. The van der Waals surface area contributed by atoms with Gasteiger partial charge in [0.2, 0.25) is 11.8 Å². The number of aryl methyl sites for hydroxylation is 1. The molecule has 0 spiro atoms. The molecule has 7 heteroatoms. The number of hydrogen-bond acceptors (Lipinski definition) is 4. The third-order valence-electron chi connectivity index (χ3n) is 5.63. The van der Waals surface area contributed by atoms with Crippen LogP contribution in [-0.2, 0) is 21.5 Å². The lowest BCUT2D eigenvalue weighted by molar-refractivity contribution is -0.122. The first-order valence-electron chi connectivity index (χ1n) is 10.2. The standard InChI is InChI=1S/C22H31N5O2/c1-17-8-4-5-9-19(17)22(10-6-7-11-22)21(29)25-18-14-24-27(15-18)16-20(28)23-12-13-26(2)3/h4-5,8-9,14-15H,6-7,10-13,16H2,1-3H3,(H,23,28)(H,25,29). The molecule has 1 aliphatic carbocycles. The van der Waals surface area contributed by atoms with Gasteiger partial charge < -0.3 is 15.5 Å². The van der Waals surface area contributed by atoms with E-state index in [9.17, 15) is 9.59 Å². The lowest BCUT2D eigenvalue weighted by Crippen LogP contribution is -2.38. The van der Waals surface area contributed by atoms with Crippen LogP contribution in [0.1, 0.15) is 36.8 Å². The smallest absolute Gasteiger partial charge is 0.241 e. The normalized spacial score (nSPS) is 15.4. The summed E-state index contributed by atoms with van der Waals surface area (Å²) >= 11 is 0. The van der Waals surface area contributed by atoms with E-state index in [1.807, 2.05) is 31.1 Å². The van der Waals surface area contributed by atoms with Crippen LogP contribution < -0.4 is 10.6 Å². The van der Waals surface area contributed by atoms with Crippen LogP contribution in [0.5, 0.6) is 0 Å². The minimum absolute atomic E-state index is 0.0132. The zero-order chi connectivity index (χ0) is 20.9. The Labute approximate surface area is 172 Å². The molecule has 0 radical (unpaired) electrons. The monoisotopic (exact) mass is 397 g/mol. The van der Waals surface area contributed by atoms with Crippen molar-refractivity contribution in [3.63, 3.8) is 0 Å². The maximum Gasteiger partial charge on any atom is 0.241 e. The SMILES string of the molecule is Cc1ccccc1C1(C(=O)Nc2cnn(CC(=O)NCCN(C)C)c2)CCCC1. The van der Waals surface area contributed by atoms with Crippen LogP contribution >= 0.6 is 0 Å². The zero-order valence-corrected chi connectivity index (χ0v) is 17.6. The highest BCUT2D eigenvalue weighted by atomic mass is 16.2. The molecule has 1 saturated carbocycles. The van der Waals surface area contributed by atoms with Crippen molar-refractivity contribution in [2.45, 2.75) is 44.6 Å². The molecule has 0 bridgehead atoms. The Bertz CT molecular complexity index is 852. The number of carbonyl (C=O) groups is 2. The van der Waals surface area contributed by atoms with E-state index in [4.69, 9.17) is 0 Å². The fourth-order valence-electron chi connectivity index (χ4n) is 4.09. The van der Waals surface area contributed by atoms with Gasteiger partial charge in [-0.15, -0.1) is 0 Å². The topological polar surface area (TPSA) is 79.3 Å². The van der Waals surface area contributed by atoms with E-state index in [1.165, 1.54) is 0 Å². The van der Waals surface area contributed by atoms with Crippen molar-refractivity contribution in [1.82, 2.24) is 20.0 Å². The number of nitrogens with zero attached hydrogens (tertiary/aromatic N) is 3. The molecule has 0 aliphatic heterocycles. The molecule has 1 aliphatic rings. The van der Waals surface area contributed by atoms with Crippen molar-refractivity contribution >= 4 is 17.5 Å². The molecule has 1 aromatic carbocycles. The molecule has 7 nitrogen and oxygen atoms in total. The number of aromatic nitrogens is 2. The van der Waals surface area contributed by atoms with Crippen molar-refractivity contribution in [2.75, 3.05) is 32.5 Å². The van der Waals surface area contributed by atoms with Crippen LogP contribution in [0.25, 0.3) is 0 Å². The van der Waals surface area contributed by atoms with Crippen LogP contribution in [0.15, 0.2) is 36.7 Å². The second-order valence-corrected chi connectivity index (χ2v) is 8.14. The molecule has 2 amide bonds. The molecule has 29 heavy (non-hydrogen) atoms. The van der Waals surface area contributed by atoms with Gasteiger partial charge in [0.25, 0.3) is 0 Å². The summed E-state index contributed by atoms with van der Waals surface area (Å²) in [5.41, 5.74) is 2.39. The van der Waals surface area contributed by atoms with E-state index in [0.717, 1.165) is 43.4 Å². The fourth-order valence-corrected chi connectivity index (χ4v) is 4.09. The van der Waals surface area contributed by atoms with Crippen LogP contribution in [0.2, 0.25) is 0 Å². The molecular weight excluding hydrogens is 366 g/mol. The van der Waals surface area contributed by atoms with Crippen molar-refractivity contribution in [3.05, 3.63) is 47.8 Å². The lowest BCUT2D eigenvalue weighted by atomic mass is 9.76. The average Bonchev–Trinajstić information content (AvgIpc) is 3.32. The van der Waals surface area contributed by atoms with Crippen LogP contribution in [0.3, 0.4) is 0 Å². The summed E-state index contributed by atoms with van der Waals surface area (Å²) in [6.45, 7) is 3.57. The van der Waals surface area contributed by atoms with Gasteiger partial charge in [0.05, 0.1) is 17.3 Å². The van der Waals surface area contributed by atoms with Gasteiger partial charge in [0.15, 0.2) is 0 Å². The predicted octanol–water partition coefficient (Wildman–Crippen LogP) is 2.32. The Kier molecular flexibility index (Phi) is 6.69. The molecule has 1 fully saturated rings. The number of anilines is 1. The number of amides is 2. The Morgan fingerprint density at radius 3 is 2.62 bits per heavy atom. The molecular formula is C22H31N5O2. The van der Waals surface area contributed by atoms with Crippen LogP contribution in [-0.4, -0.2) is 53.7 Å². The first kappa shape index (κ1) is 21.0. The Morgan fingerprint density at radius 1 is 1.21 bits per heavy atom. The van der Waals surface area contributed by atoms with Gasteiger partial charge in [-0.05, 0) is 45.0 Å². The summed E-state index contributed by atoms with van der Waals surface area (Å²) in [4.78, 5) is 27.3. The molecule has 2 aromatic rings. The van der Waals surface area contributed by atoms with E-state index in [-0.39, 0.29) is 18.4 Å². The van der Waals surface area contributed by atoms with E-state index in [1.54, 1.807) is 17.1 Å². The highest BCUT2D eigenvalue weighted by molar-refractivity contribution is 5.99. The van der Waals surface area contributed by atoms with Gasteiger partial charge >= 0.3 is 0 Å². The van der Waals surface area contributed by atoms with E-state index in [0.29, 0.717) is 12.2 Å². The summed E-state index contributed by atoms with van der Waals surface area (Å²) in [6.07, 6.45) is 7.12. The zero-order valence-electron chi connectivity index (χ0n) is 17.6. The number of nitrogens with one attached hydrogen (secondary N) is 2. The lowest BCUT2D eigenvalue weighted by Gasteiger charge is -2.29. The average molecular weight is 398 g/mol. The highest BCUT2D eigenvalue weighted by Gasteiger charge is 2.43.